The zero-order chi connectivity index (χ0) is 10.4. The molecule has 1 N–H and O–H groups in total. The van der Waals surface area contributed by atoms with Crippen LogP contribution in [0.2, 0.25) is 0 Å². The molecule has 0 bridgehead atoms. The second kappa shape index (κ2) is 5.69. The van der Waals surface area contributed by atoms with Crippen LogP contribution in [0.4, 0.5) is 0 Å². The summed E-state index contributed by atoms with van der Waals surface area (Å²) < 4.78 is 10.5. The van der Waals surface area contributed by atoms with Gasteiger partial charge < -0.3 is 14.8 Å². The average molecular weight is 201 g/mol. The minimum atomic E-state index is 0.278. The van der Waals surface area contributed by atoms with Crippen LogP contribution in [0.25, 0.3) is 0 Å². The maximum Gasteiger partial charge on any atom is 0.0499 e. The molecule has 84 valence electrons. The number of hydrogen-bond acceptors (Lipinski definition) is 3. The van der Waals surface area contributed by atoms with Crippen molar-refractivity contribution in [3.63, 3.8) is 0 Å². The summed E-state index contributed by atoms with van der Waals surface area (Å²) in [6, 6.07) is 0. The van der Waals surface area contributed by atoms with E-state index in [0.29, 0.717) is 5.92 Å². The topological polar surface area (TPSA) is 30.5 Å². The molecule has 0 aromatic rings. The fourth-order valence-electron chi connectivity index (χ4n) is 1.76. The summed E-state index contributed by atoms with van der Waals surface area (Å²) in [5.41, 5.74) is 0.278. The van der Waals surface area contributed by atoms with Gasteiger partial charge in [0.1, 0.15) is 0 Å². The van der Waals surface area contributed by atoms with E-state index in [4.69, 9.17) is 9.47 Å². The van der Waals surface area contributed by atoms with Crippen molar-refractivity contribution in [2.24, 2.45) is 5.92 Å². The Bertz CT molecular complexity index is 155. The zero-order valence-electron chi connectivity index (χ0n) is 9.64. The van der Waals surface area contributed by atoms with Gasteiger partial charge in [0.15, 0.2) is 0 Å². The third-order valence-corrected chi connectivity index (χ3v) is 2.92. The lowest BCUT2D eigenvalue weighted by Gasteiger charge is -2.35. The predicted octanol–water partition coefficient (Wildman–Crippen LogP) is 1.43. The van der Waals surface area contributed by atoms with Gasteiger partial charge in [-0.25, -0.2) is 0 Å². The number of hydrogen-bond donors (Lipinski definition) is 1. The first-order chi connectivity index (χ1) is 6.66. The lowest BCUT2D eigenvalue weighted by Crippen LogP contribution is -2.48. The zero-order valence-corrected chi connectivity index (χ0v) is 9.64. The van der Waals surface area contributed by atoms with Crippen molar-refractivity contribution in [1.29, 1.82) is 0 Å². The predicted molar refractivity (Wildman–Crippen MR) is 57.5 cm³/mol. The second-order valence-corrected chi connectivity index (χ2v) is 4.61. The van der Waals surface area contributed by atoms with E-state index in [1.165, 1.54) is 0 Å². The molecule has 1 unspecified atom stereocenters. The maximum absolute atomic E-state index is 5.35. The van der Waals surface area contributed by atoms with Crippen molar-refractivity contribution in [1.82, 2.24) is 5.32 Å². The monoisotopic (exact) mass is 201 g/mol. The van der Waals surface area contributed by atoms with Crippen molar-refractivity contribution >= 4 is 0 Å². The molecule has 1 heterocycles. The molecule has 0 aromatic heterocycles. The van der Waals surface area contributed by atoms with E-state index in [9.17, 15) is 0 Å². The van der Waals surface area contributed by atoms with Crippen LogP contribution >= 0.6 is 0 Å². The Hall–Kier alpha value is -0.120. The van der Waals surface area contributed by atoms with E-state index in [1.807, 2.05) is 0 Å². The summed E-state index contributed by atoms with van der Waals surface area (Å²) in [6.07, 6.45) is 2.24. The number of methoxy groups -OCH3 is 1. The summed E-state index contributed by atoms with van der Waals surface area (Å²) in [5.74, 6) is 0.583. The van der Waals surface area contributed by atoms with E-state index >= 15 is 0 Å². The lowest BCUT2D eigenvalue weighted by atomic mass is 9.92. The molecule has 0 radical (unpaired) electrons. The van der Waals surface area contributed by atoms with Crippen LogP contribution in [0, 0.1) is 5.92 Å². The highest BCUT2D eigenvalue weighted by atomic mass is 16.5. The van der Waals surface area contributed by atoms with Crippen molar-refractivity contribution in [2.45, 2.75) is 32.2 Å². The van der Waals surface area contributed by atoms with E-state index in [1.54, 1.807) is 7.11 Å². The summed E-state index contributed by atoms with van der Waals surface area (Å²) in [7, 11) is 1.76. The lowest BCUT2D eigenvalue weighted by molar-refractivity contribution is 0.0420. The summed E-state index contributed by atoms with van der Waals surface area (Å²) in [4.78, 5) is 0. The molecule has 1 atom stereocenters. The molecule has 1 aliphatic rings. The van der Waals surface area contributed by atoms with Gasteiger partial charge >= 0.3 is 0 Å². The minimum Gasteiger partial charge on any atom is -0.384 e. The molecule has 3 nitrogen and oxygen atoms in total. The molecule has 3 heteroatoms. The van der Waals surface area contributed by atoms with Gasteiger partial charge in [0.2, 0.25) is 0 Å². The first-order valence-corrected chi connectivity index (χ1v) is 5.48. The van der Waals surface area contributed by atoms with Gasteiger partial charge in [-0.3, -0.25) is 0 Å². The van der Waals surface area contributed by atoms with Crippen LogP contribution in [0.5, 0.6) is 0 Å². The number of nitrogens with one attached hydrogen (secondary N) is 1. The van der Waals surface area contributed by atoms with E-state index in [2.05, 4.69) is 19.2 Å². The van der Waals surface area contributed by atoms with Crippen LogP contribution in [0.15, 0.2) is 0 Å². The van der Waals surface area contributed by atoms with Crippen molar-refractivity contribution in [3.05, 3.63) is 0 Å². The van der Waals surface area contributed by atoms with Gasteiger partial charge in [-0.05, 0) is 25.7 Å². The molecule has 0 spiro atoms. The third kappa shape index (κ3) is 3.95. The van der Waals surface area contributed by atoms with Gasteiger partial charge in [-0.1, -0.05) is 6.92 Å². The van der Waals surface area contributed by atoms with Crippen molar-refractivity contribution in [2.75, 3.05) is 33.5 Å². The number of ether oxygens (including phenoxy) is 2. The van der Waals surface area contributed by atoms with E-state index < -0.39 is 0 Å². The standard InChI is InChI=1S/C11H23NO2/c1-10(9-13-3)8-12-11(2)4-6-14-7-5-11/h10,12H,4-9H2,1-3H3. The van der Waals surface area contributed by atoms with Crippen LogP contribution < -0.4 is 5.32 Å². The number of rotatable bonds is 5. The van der Waals surface area contributed by atoms with Crippen LogP contribution in [0.1, 0.15) is 26.7 Å². The Morgan fingerprint density at radius 2 is 2.07 bits per heavy atom. The highest BCUT2D eigenvalue weighted by molar-refractivity contribution is 4.85. The van der Waals surface area contributed by atoms with E-state index in [-0.39, 0.29) is 5.54 Å². The SMILES string of the molecule is COCC(C)CNC1(C)CCOCC1. The van der Waals surface area contributed by atoms with Gasteiger partial charge in [-0.2, -0.15) is 0 Å². The molecular formula is C11H23NO2. The first-order valence-electron chi connectivity index (χ1n) is 5.48. The van der Waals surface area contributed by atoms with Gasteiger partial charge in [0, 0.05) is 39.0 Å². The van der Waals surface area contributed by atoms with Crippen LogP contribution in [-0.4, -0.2) is 39.0 Å². The third-order valence-electron chi connectivity index (χ3n) is 2.92. The molecule has 1 fully saturated rings. The second-order valence-electron chi connectivity index (χ2n) is 4.61. The highest BCUT2D eigenvalue weighted by Crippen LogP contribution is 2.19. The molecule has 0 saturated carbocycles. The average Bonchev–Trinajstić information content (AvgIpc) is 2.17. The highest BCUT2D eigenvalue weighted by Gasteiger charge is 2.26. The minimum absolute atomic E-state index is 0.278. The molecule has 1 aliphatic heterocycles. The Morgan fingerprint density at radius 3 is 2.64 bits per heavy atom. The quantitative estimate of drug-likeness (QED) is 0.730. The molecule has 1 rings (SSSR count). The fourth-order valence-corrected chi connectivity index (χ4v) is 1.76. The molecule has 14 heavy (non-hydrogen) atoms. The van der Waals surface area contributed by atoms with Crippen LogP contribution in [-0.2, 0) is 9.47 Å². The molecule has 1 saturated heterocycles. The Balaban J connectivity index is 2.21. The van der Waals surface area contributed by atoms with E-state index in [0.717, 1.165) is 39.2 Å². The maximum atomic E-state index is 5.35. The molecular weight excluding hydrogens is 178 g/mol. The summed E-state index contributed by atoms with van der Waals surface area (Å²) in [5, 5.41) is 3.62. The van der Waals surface area contributed by atoms with Gasteiger partial charge in [0.25, 0.3) is 0 Å². The summed E-state index contributed by atoms with van der Waals surface area (Å²) >= 11 is 0. The van der Waals surface area contributed by atoms with Gasteiger partial charge in [-0.15, -0.1) is 0 Å². The Morgan fingerprint density at radius 1 is 1.43 bits per heavy atom. The van der Waals surface area contributed by atoms with Crippen molar-refractivity contribution in [3.8, 4) is 0 Å². The van der Waals surface area contributed by atoms with Crippen LogP contribution in [0.3, 0.4) is 0 Å². The molecule has 0 amide bonds. The van der Waals surface area contributed by atoms with Gasteiger partial charge in [0.05, 0.1) is 0 Å². The molecule has 0 aliphatic carbocycles. The normalized spacial score (nSPS) is 23.4. The molecule has 0 aromatic carbocycles. The smallest absolute Gasteiger partial charge is 0.0499 e. The fraction of sp³-hybridized carbons (Fsp3) is 1.00. The Labute approximate surface area is 87.2 Å². The summed E-state index contributed by atoms with van der Waals surface area (Å²) in [6.45, 7) is 8.14. The first kappa shape index (κ1) is 12.0. The Kier molecular flexibility index (Phi) is 4.85. The van der Waals surface area contributed by atoms with Crippen molar-refractivity contribution < 1.29 is 9.47 Å². The largest absolute Gasteiger partial charge is 0.384 e.